The fourth-order valence-corrected chi connectivity index (χ4v) is 4.86. The molecular weight excluding hydrogens is 469 g/mol. The molecule has 0 N–H and O–H groups in total. The summed E-state index contributed by atoms with van der Waals surface area (Å²) in [4.78, 5) is 15.3. The van der Waals surface area contributed by atoms with Crippen molar-refractivity contribution in [2.45, 2.75) is 36.9 Å². The van der Waals surface area contributed by atoms with Crippen molar-refractivity contribution in [1.82, 2.24) is 19.5 Å². The van der Waals surface area contributed by atoms with E-state index >= 15 is 0 Å². The Morgan fingerprint density at radius 1 is 1.09 bits per heavy atom. The molecule has 1 aromatic carbocycles. The average molecular weight is 496 g/mol. The molecule has 182 valence electrons. The van der Waals surface area contributed by atoms with E-state index in [2.05, 4.69) is 15.0 Å². The topological polar surface area (TPSA) is 90.2 Å². The SMILES string of the molecule is CCc1cnc(N2CCC(Oc3ccc(-n4ccc5cc(S(C)(=O)=O)ccc54)nc3)C(F)C2)nc1. The van der Waals surface area contributed by atoms with Crippen molar-refractivity contribution in [2.75, 3.05) is 24.2 Å². The van der Waals surface area contributed by atoms with E-state index < -0.39 is 22.1 Å². The number of hydrogen-bond acceptors (Lipinski definition) is 7. The van der Waals surface area contributed by atoms with Crippen LogP contribution in [0.4, 0.5) is 10.3 Å². The Morgan fingerprint density at radius 3 is 2.54 bits per heavy atom. The highest BCUT2D eigenvalue weighted by molar-refractivity contribution is 7.90. The standard InChI is InChI=1S/C25H26FN5O3S/c1-3-17-13-28-25(29-14-17)30-10-9-23(21(26)16-30)34-19-4-7-24(27-15-19)31-11-8-18-12-20(35(2,32)33)5-6-22(18)31/h4-8,11-15,21,23H,3,9-10,16H2,1-2H3. The zero-order valence-electron chi connectivity index (χ0n) is 19.5. The van der Waals surface area contributed by atoms with Crippen molar-refractivity contribution in [3.63, 3.8) is 0 Å². The summed E-state index contributed by atoms with van der Waals surface area (Å²) in [5.74, 6) is 1.69. The third-order valence-corrected chi connectivity index (χ3v) is 7.32. The molecule has 0 bridgehead atoms. The highest BCUT2D eigenvalue weighted by atomic mass is 32.2. The Hall–Kier alpha value is -3.53. The molecule has 4 heterocycles. The van der Waals surface area contributed by atoms with Crippen LogP contribution in [0.25, 0.3) is 16.7 Å². The van der Waals surface area contributed by atoms with Crippen molar-refractivity contribution in [2.24, 2.45) is 0 Å². The maximum atomic E-state index is 14.9. The fraction of sp³-hybridized carbons (Fsp3) is 0.320. The monoisotopic (exact) mass is 495 g/mol. The van der Waals surface area contributed by atoms with E-state index in [0.717, 1.165) is 22.9 Å². The first-order valence-corrected chi connectivity index (χ1v) is 13.3. The number of ether oxygens (including phenoxy) is 1. The summed E-state index contributed by atoms with van der Waals surface area (Å²) in [6, 6.07) is 10.4. The summed E-state index contributed by atoms with van der Waals surface area (Å²) in [5, 5.41) is 0.801. The lowest BCUT2D eigenvalue weighted by Crippen LogP contribution is -2.47. The van der Waals surface area contributed by atoms with Gasteiger partial charge in [-0.15, -0.1) is 0 Å². The van der Waals surface area contributed by atoms with Crippen molar-refractivity contribution < 1.29 is 17.5 Å². The zero-order valence-corrected chi connectivity index (χ0v) is 20.3. The summed E-state index contributed by atoms with van der Waals surface area (Å²) in [5.41, 5.74) is 1.88. The third-order valence-electron chi connectivity index (χ3n) is 6.21. The summed E-state index contributed by atoms with van der Waals surface area (Å²) >= 11 is 0. The van der Waals surface area contributed by atoms with Gasteiger partial charge in [0.1, 0.15) is 17.7 Å². The molecule has 0 saturated carbocycles. The Kier molecular flexibility index (Phi) is 6.14. The maximum Gasteiger partial charge on any atom is 0.225 e. The van der Waals surface area contributed by atoms with E-state index in [-0.39, 0.29) is 11.4 Å². The van der Waals surface area contributed by atoms with Crippen molar-refractivity contribution in [3.8, 4) is 11.6 Å². The number of piperidine rings is 1. The number of nitrogens with zero attached hydrogens (tertiary/aromatic N) is 5. The van der Waals surface area contributed by atoms with Crippen LogP contribution in [0.3, 0.4) is 0 Å². The van der Waals surface area contributed by atoms with Crippen LogP contribution in [0.5, 0.6) is 5.75 Å². The van der Waals surface area contributed by atoms with E-state index in [0.29, 0.717) is 30.5 Å². The van der Waals surface area contributed by atoms with Gasteiger partial charge >= 0.3 is 0 Å². The molecule has 2 atom stereocenters. The number of anilines is 1. The number of alkyl halides is 1. The number of aromatic nitrogens is 4. The zero-order chi connectivity index (χ0) is 24.6. The minimum Gasteiger partial charge on any atom is -0.486 e. The van der Waals surface area contributed by atoms with Gasteiger partial charge in [0.15, 0.2) is 16.0 Å². The lowest BCUT2D eigenvalue weighted by Gasteiger charge is -2.34. The lowest BCUT2D eigenvalue weighted by molar-refractivity contribution is 0.0813. The Balaban J connectivity index is 1.26. The first kappa shape index (κ1) is 23.2. The Morgan fingerprint density at radius 2 is 1.89 bits per heavy atom. The number of benzene rings is 1. The molecule has 0 amide bonds. The summed E-state index contributed by atoms with van der Waals surface area (Å²) in [7, 11) is -3.28. The molecular formula is C25H26FN5O3S. The minimum absolute atomic E-state index is 0.173. The van der Waals surface area contributed by atoms with Crippen LogP contribution < -0.4 is 9.64 Å². The van der Waals surface area contributed by atoms with Crippen LogP contribution in [0.1, 0.15) is 18.9 Å². The van der Waals surface area contributed by atoms with E-state index in [1.54, 1.807) is 48.9 Å². The summed E-state index contributed by atoms with van der Waals surface area (Å²) < 4.78 is 46.4. The van der Waals surface area contributed by atoms with Crippen LogP contribution in [0, 0.1) is 0 Å². The number of hydrogen-bond donors (Lipinski definition) is 0. The van der Waals surface area contributed by atoms with E-state index in [1.807, 2.05) is 28.7 Å². The summed E-state index contributed by atoms with van der Waals surface area (Å²) in [6.45, 7) is 2.82. The van der Waals surface area contributed by atoms with Gasteiger partial charge in [0, 0.05) is 43.2 Å². The number of sulfone groups is 1. The van der Waals surface area contributed by atoms with Gasteiger partial charge in [-0.3, -0.25) is 0 Å². The number of pyridine rings is 1. The molecule has 4 aromatic rings. The molecule has 1 aliphatic rings. The molecule has 1 aliphatic heterocycles. The van der Waals surface area contributed by atoms with Gasteiger partial charge in [0.2, 0.25) is 5.95 Å². The highest BCUT2D eigenvalue weighted by Crippen LogP contribution is 2.26. The van der Waals surface area contributed by atoms with E-state index in [9.17, 15) is 12.8 Å². The third kappa shape index (κ3) is 4.84. The van der Waals surface area contributed by atoms with Crippen molar-refractivity contribution >= 4 is 26.7 Å². The molecule has 1 fully saturated rings. The smallest absolute Gasteiger partial charge is 0.225 e. The number of rotatable bonds is 6. The predicted octanol–water partition coefficient (Wildman–Crippen LogP) is 3.78. The van der Waals surface area contributed by atoms with Gasteiger partial charge < -0.3 is 14.2 Å². The fourth-order valence-electron chi connectivity index (χ4n) is 4.20. The first-order valence-electron chi connectivity index (χ1n) is 11.5. The molecule has 8 nitrogen and oxygen atoms in total. The Bertz CT molecular complexity index is 1440. The molecule has 3 aromatic heterocycles. The van der Waals surface area contributed by atoms with Crippen molar-refractivity contribution in [1.29, 1.82) is 0 Å². The van der Waals surface area contributed by atoms with Gasteiger partial charge in [0.05, 0.1) is 23.2 Å². The molecule has 0 aliphatic carbocycles. The molecule has 10 heteroatoms. The van der Waals surface area contributed by atoms with Gasteiger partial charge in [-0.1, -0.05) is 6.92 Å². The number of aryl methyl sites for hydroxylation is 1. The molecule has 35 heavy (non-hydrogen) atoms. The van der Waals surface area contributed by atoms with Crippen LogP contribution in [-0.2, 0) is 16.3 Å². The first-order chi connectivity index (χ1) is 16.8. The lowest BCUT2D eigenvalue weighted by atomic mass is 10.1. The molecule has 1 saturated heterocycles. The van der Waals surface area contributed by atoms with Gasteiger partial charge in [-0.2, -0.15) is 0 Å². The minimum atomic E-state index is -3.28. The van der Waals surface area contributed by atoms with E-state index in [1.165, 1.54) is 6.26 Å². The second-order valence-electron chi connectivity index (χ2n) is 8.68. The predicted molar refractivity (Wildman–Crippen MR) is 132 cm³/mol. The molecule has 2 unspecified atom stereocenters. The highest BCUT2D eigenvalue weighted by Gasteiger charge is 2.32. The van der Waals surface area contributed by atoms with Gasteiger partial charge in [-0.05, 0) is 48.4 Å². The molecule has 5 rings (SSSR count). The van der Waals surface area contributed by atoms with Crippen LogP contribution in [-0.4, -0.2) is 59.6 Å². The average Bonchev–Trinajstić information content (AvgIpc) is 3.29. The normalized spacial score (nSPS) is 18.7. The van der Waals surface area contributed by atoms with Crippen LogP contribution >= 0.6 is 0 Å². The largest absolute Gasteiger partial charge is 0.486 e. The van der Waals surface area contributed by atoms with Gasteiger partial charge in [-0.25, -0.2) is 27.8 Å². The Labute approximate surface area is 203 Å². The molecule has 0 spiro atoms. The van der Waals surface area contributed by atoms with E-state index in [4.69, 9.17) is 4.74 Å². The molecule has 0 radical (unpaired) electrons. The second-order valence-corrected chi connectivity index (χ2v) is 10.7. The number of halogens is 1. The second kappa shape index (κ2) is 9.26. The van der Waals surface area contributed by atoms with Crippen LogP contribution in [0.15, 0.2) is 66.1 Å². The number of fused-ring (bicyclic) bond motifs is 1. The maximum absolute atomic E-state index is 14.9. The van der Waals surface area contributed by atoms with Gasteiger partial charge in [0.25, 0.3) is 0 Å². The van der Waals surface area contributed by atoms with Crippen LogP contribution in [0.2, 0.25) is 0 Å². The quantitative estimate of drug-likeness (QED) is 0.402. The summed E-state index contributed by atoms with van der Waals surface area (Å²) in [6.07, 6.45) is 7.78. The van der Waals surface area contributed by atoms with Crippen molar-refractivity contribution in [3.05, 3.63) is 66.7 Å².